The molecule has 1 unspecified atom stereocenters. The lowest BCUT2D eigenvalue weighted by molar-refractivity contribution is 0.0141. The van der Waals surface area contributed by atoms with Gasteiger partial charge >= 0.3 is 0 Å². The highest BCUT2D eigenvalue weighted by molar-refractivity contribution is 7.13. The monoisotopic (exact) mass is 353 g/mol. The van der Waals surface area contributed by atoms with Gasteiger partial charge in [0, 0.05) is 25.5 Å². The molecule has 5 heteroatoms. The summed E-state index contributed by atoms with van der Waals surface area (Å²) in [5.74, 6) is 0. The number of para-hydroxylation sites is 1. The van der Waals surface area contributed by atoms with Crippen molar-refractivity contribution in [2.24, 2.45) is 7.05 Å². The Kier molecular flexibility index (Phi) is 11.1. The van der Waals surface area contributed by atoms with Gasteiger partial charge in [-0.1, -0.05) is 55.3 Å². The summed E-state index contributed by atoms with van der Waals surface area (Å²) in [6, 6.07) is 8.24. The van der Waals surface area contributed by atoms with Crippen molar-refractivity contribution >= 4 is 20.3 Å². The number of rotatable bonds is 0. The summed E-state index contributed by atoms with van der Waals surface area (Å²) in [7, 11) is 4.62. The molecule has 2 heterocycles. The number of hydrogen-bond donors (Lipinski definition) is 1. The highest BCUT2D eigenvalue weighted by atomic mass is 31.0. The summed E-state index contributed by atoms with van der Waals surface area (Å²) in [5, 5.41) is 15.0. The predicted octanol–water partition coefficient (Wildman–Crippen LogP) is 4.56. The van der Waals surface area contributed by atoms with Crippen LogP contribution >= 0.6 is 9.39 Å². The van der Waals surface area contributed by atoms with Crippen molar-refractivity contribution in [3.63, 3.8) is 0 Å². The van der Waals surface area contributed by atoms with Crippen LogP contribution in [0, 0.1) is 6.92 Å². The maximum atomic E-state index is 9.46. The van der Waals surface area contributed by atoms with E-state index in [0.717, 1.165) is 31.6 Å². The molecular weight excluding hydrogens is 317 g/mol. The van der Waals surface area contributed by atoms with Gasteiger partial charge in [-0.3, -0.25) is 9.35 Å². The number of aryl methyl sites for hydroxylation is 2. The van der Waals surface area contributed by atoms with Crippen LogP contribution in [0.15, 0.2) is 24.3 Å². The normalized spacial score (nSPS) is 16.0. The fraction of sp³-hybridized carbons (Fsp3) is 0.632. The summed E-state index contributed by atoms with van der Waals surface area (Å²) in [6.07, 6.45) is 1.80. The van der Waals surface area contributed by atoms with Crippen molar-refractivity contribution in [2.45, 2.75) is 60.0 Å². The fourth-order valence-corrected chi connectivity index (χ4v) is 2.66. The quantitative estimate of drug-likeness (QED) is 0.706. The molecule has 1 fully saturated rings. The van der Waals surface area contributed by atoms with Gasteiger partial charge in [0.25, 0.3) is 0 Å². The lowest BCUT2D eigenvalue weighted by atomic mass is 9.95. The summed E-state index contributed by atoms with van der Waals surface area (Å²) in [4.78, 5) is 0. The van der Waals surface area contributed by atoms with Crippen LogP contribution in [0.5, 0.6) is 0 Å². The number of benzene rings is 1. The summed E-state index contributed by atoms with van der Waals surface area (Å²) in [5.41, 5.74) is 1.90. The van der Waals surface area contributed by atoms with Gasteiger partial charge in [-0.25, -0.2) is 0 Å². The van der Waals surface area contributed by atoms with Crippen molar-refractivity contribution in [3.8, 4) is 0 Å². The van der Waals surface area contributed by atoms with Crippen molar-refractivity contribution < 1.29 is 5.11 Å². The Bertz CT molecular complexity index is 535. The molecule has 1 aromatic carbocycles. The molecule has 1 atom stereocenters. The molecule has 4 nitrogen and oxygen atoms in total. The summed E-state index contributed by atoms with van der Waals surface area (Å²) < 4.78 is 4.07. The number of nitrogens with zero attached hydrogens (tertiary/aromatic N) is 3. The zero-order valence-corrected chi connectivity index (χ0v) is 17.7. The van der Waals surface area contributed by atoms with E-state index in [9.17, 15) is 5.11 Å². The molecule has 2 aromatic rings. The molecule has 0 radical (unpaired) electrons. The first kappa shape index (κ1) is 23.0. The van der Waals surface area contributed by atoms with Crippen molar-refractivity contribution in [1.82, 2.24) is 14.5 Å². The smallest absolute Gasteiger partial charge is 0.0681 e. The zero-order chi connectivity index (χ0) is 18.8. The van der Waals surface area contributed by atoms with Crippen molar-refractivity contribution in [1.29, 1.82) is 0 Å². The van der Waals surface area contributed by atoms with E-state index in [4.69, 9.17) is 0 Å². The molecule has 3 rings (SSSR count). The number of aromatic nitrogens is 2. The Labute approximate surface area is 150 Å². The molecule has 1 aliphatic rings. The van der Waals surface area contributed by atoms with E-state index in [0.29, 0.717) is 0 Å². The summed E-state index contributed by atoms with van der Waals surface area (Å²) in [6.45, 7) is 13.9. The molecular formula is C19H36N3OP. The average molecular weight is 353 g/mol. The van der Waals surface area contributed by atoms with Crippen LogP contribution in [0.1, 0.15) is 53.2 Å². The highest BCUT2D eigenvalue weighted by Crippen LogP contribution is 2.22. The minimum absolute atomic E-state index is 0.396. The average Bonchev–Trinajstić information content (AvgIpc) is 2.90. The zero-order valence-electron chi connectivity index (χ0n) is 16.5. The van der Waals surface area contributed by atoms with Gasteiger partial charge in [-0.15, -0.1) is 0 Å². The second kappa shape index (κ2) is 11.6. The minimum Gasteiger partial charge on any atom is -0.390 e. The van der Waals surface area contributed by atoms with Crippen molar-refractivity contribution in [3.05, 3.63) is 30.0 Å². The van der Waals surface area contributed by atoms with Crippen LogP contribution in [-0.2, 0) is 7.05 Å². The van der Waals surface area contributed by atoms with E-state index in [1.807, 2.05) is 65.4 Å². The Balaban J connectivity index is 0.000000371. The SMILES string of the molecule is CC.CC.CC1(O)CCN(P)CC1.Cc1nn(C)c2ccccc12. The Morgan fingerprint density at radius 3 is 2.04 bits per heavy atom. The van der Waals surface area contributed by atoms with E-state index < -0.39 is 5.60 Å². The largest absolute Gasteiger partial charge is 0.390 e. The van der Waals surface area contributed by atoms with Gasteiger partial charge < -0.3 is 5.11 Å². The standard InChI is InChI=1S/C9H10N2.C6H14NOP.2C2H6/c1-7-8-5-3-4-6-9(8)11(2)10-7;1-6(8)2-4-7(9)5-3-6;2*1-2/h3-6H,1-2H3;8H,2-5,9H2,1H3;2*1-2H3. The van der Waals surface area contributed by atoms with Crippen LogP contribution in [-0.4, -0.2) is 38.2 Å². The van der Waals surface area contributed by atoms with Crippen molar-refractivity contribution in [2.75, 3.05) is 13.1 Å². The molecule has 0 spiro atoms. The Hall–Kier alpha value is -0.960. The lowest BCUT2D eigenvalue weighted by Gasteiger charge is -2.33. The number of fused-ring (bicyclic) bond motifs is 1. The second-order valence-corrected chi connectivity index (χ2v) is 6.49. The topological polar surface area (TPSA) is 41.3 Å². The number of piperidine rings is 1. The minimum atomic E-state index is -0.396. The van der Waals surface area contributed by atoms with Crippen LogP contribution in [0.25, 0.3) is 10.9 Å². The molecule has 138 valence electrons. The second-order valence-electron chi connectivity index (χ2n) is 5.76. The Morgan fingerprint density at radius 1 is 1.08 bits per heavy atom. The van der Waals surface area contributed by atoms with E-state index >= 15 is 0 Å². The number of hydrogen-bond acceptors (Lipinski definition) is 3. The van der Waals surface area contributed by atoms with Crippen LogP contribution in [0.3, 0.4) is 0 Å². The first-order valence-electron chi connectivity index (χ1n) is 8.99. The van der Waals surface area contributed by atoms with Gasteiger partial charge in [0.2, 0.25) is 0 Å². The van der Waals surface area contributed by atoms with E-state index in [2.05, 4.69) is 31.3 Å². The van der Waals surface area contributed by atoms with Gasteiger partial charge in [-0.05, 0) is 32.8 Å². The molecule has 1 aromatic heterocycles. The molecule has 1 saturated heterocycles. The highest BCUT2D eigenvalue weighted by Gasteiger charge is 2.25. The molecule has 0 saturated carbocycles. The molecule has 0 aliphatic carbocycles. The molecule has 1 aliphatic heterocycles. The first-order valence-corrected chi connectivity index (χ1v) is 9.51. The number of aliphatic hydroxyl groups is 1. The molecule has 24 heavy (non-hydrogen) atoms. The maximum Gasteiger partial charge on any atom is 0.0681 e. The van der Waals surface area contributed by atoms with Gasteiger partial charge in [0.1, 0.15) is 0 Å². The third-order valence-corrected chi connectivity index (χ3v) is 4.33. The van der Waals surface area contributed by atoms with Gasteiger partial charge in [-0.2, -0.15) is 5.10 Å². The maximum absolute atomic E-state index is 9.46. The van der Waals surface area contributed by atoms with E-state index in [-0.39, 0.29) is 0 Å². The summed E-state index contributed by atoms with van der Waals surface area (Å²) >= 11 is 0. The third-order valence-electron chi connectivity index (χ3n) is 3.82. The van der Waals surface area contributed by atoms with E-state index in [1.165, 1.54) is 10.9 Å². The fourth-order valence-electron chi connectivity index (χ4n) is 2.40. The van der Waals surface area contributed by atoms with Gasteiger partial charge in [0.15, 0.2) is 0 Å². The first-order chi connectivity index (χ1) is 11.4. The van der Waals surface area contributed by atoms with Gasteiger partial charge in [0.05, 0.1) is 16.8 Å². The van der Waals surface area contributed by atoms with Crippen LogP contribution < -0.4 is 0 Å². The van der Waals surface area contributed by atoms with E-state index in [1.54, 1.807) is 0 Å². The van der Waals surface area contributed by atoms with Crippen LogP contribution in [0.4, 0.5) is 0 Å². The lowest BCUT2D eigenvalue weighted by Crippen LogP contribution is -2.37. The molecule has 1 N–H and O–H groups in total. The predicted molar refractivity (Wildman–Crippen MR) is 109 cm³/mol. The Morgan fingerprint density at radius 2 is 1.58 bits per heavy atom. The third kappa shape index (κ3) is 7.29. The van der Waals surface area contributed by atoms with Crippen LogP contribution in [0.2, 0.25) is 0 Å². The molecule has 0 bridgehead atoms. The molecule has 0 amide bonds.